The summed E-state index contributed by atoms with van der Waals surface area (Å²) in [5.74, 6) is 0.759. The molecule has 1 fully saturated rings. The quantitative estimate of drug-likeness (QED) is 0.822. The summed E-state index contributed by atoms with van der Waals surface area (Å²) in [5, 5.41) is 0. The largest absolute Gasteiger partial charge is 0.368 e. The predicted octanol–water partition coefficient (Wildman–Crippen LogP) is 3.97. The molecule has 2 rings (SSSR count). The summed E-state index contributed by atoms with van der Waals surface area (Å²) in [6.45, 7) is 6.48. The van der Waals surface area contributed by atoms with Crippen LogP contribution < -0.4 is 10.6 Å². The van der Waals surface area contributed by atoms with Gasteiger partial charge in [-0.1, -0.05) is 29.8 Å². The van der Waals surface area contributed by atoms with Crippen molar-refractivity contribution in [2.75, 3.05) is 18.0 Å². The van der Waals surface area contributed by atoms with E-state index >= 15 is 0 Å². The molecule has 106 valence electrons. The van der Waals surface area contributed by atoms with Crippen LogP contribution in [0.2, 0.25) is 0 Å². The molecule has 2 N–H and O–H groups in total. The van der Waals surface area contributed by atoms with E-state index in [9.17, 15) is 0 Å². The van der Waals surface area contributed by atoms with Crippen LogP contribution >= 0.6 is 15.9 Å². The van der Waals surface area contributed by atoms with E-state index in [4.69, 9.17) is 5.73 Å². The van der Waals surface area contributed by atoms with Crippen LogP contribution in [0.15, 0.2) is 22.7 Å². The second-order valence-corrected chi connectivity index (χ2v) is 6.83. The molecule has 1 aromatic rings. The molecule has 0 spiro atoms. The molecule has 0 bridgehead atoms. The Bertz CT molecular complexity index is 413. The molecular weight excluding hydrogens is 300 g/mol. The van der Waals surface area contributed by atoms with Gasteiger partial charge in [-0.15, -0.1) is 0 Å². The Morgan fingerprint density at radius 2 is 2.11 bits per heavy atom. The van der Waals surface area contributed by atoms with Crippen molar-refractivity contribution in [3.63, 3.8) is 0 Å². The second-order valence-electron chi connectivity index (χ2n) is 5.92. The normalized spacial score (nSPS) is 15.0. The van der Waals surface area contributed by atoms with Crippen LogP contribution in [0.4, 0.5) is 5.69 Å². The molecule has 0 saturated heterocycles. The van der Waals surface area contributed by atoms with Gasteiger partial charge in [0, 0.05) is 22.7 Å². The van der Waals surface area contributed by atoms with Crippen molar-refractivity contribution in [1.82, 2.24) is 0 Å². The van der Waals surface area contributed by atoms with Gasteiger partial charge < -0.3 is 10.6 Å². The zero-order valence-electron chi connectivity index (χ0n) is 12.0. The fourth-order valence-corrected chi connectivity index (χ4v) is 2.88. The van der Waals surface area contributed by atoms with Gasteiger partial charge in [-0.25, -0.2) is 0 Å². The lowest BCUT2D eigenvalue weighted by Gasteiger charge is -2.28. The molecule has 0 amide bonds. The van der Waals surface area contributed by atoms with E-state index in [1.807, 2.05) is 0 Å². The number of anilines is 1. The Kier molecular flexibility index (Phi) is 5.28. The van der Waals surface area contributed by atoms with Crippen LogP contribution in [-0.2, 0) is 6.42 Å². The van der Waals surface area contributed by atoms with Crippen molar-refractivity contribution in [2.24, 2.45) is 11.7 Å². The molecule has 0 unspecified atom stereocenters. The summed E-state index contributed by atoms with van der Waals surface area (Å²) >= 11 is 3.57. The highest BCUT2D eigenvalue weighted by atomic mass is 79.9. The second kappa shape index (κ2) is 6.76. The van der Waals surface area contributed by atoms with Gasteiger partial charge in [0.15, 0.2) is 0 Å². The Hall–Kier alpha value is -0.540. The lowest BCUT2D eigenvalue weighted by atomic mass is 10.1. The standard InChI is InChI=1S/C16H25BrN2/c1-12(2)8-10-19(15-4-5-15)16-6-3-14(17)11-13(16)7-9-18/h3,6,11-12,15H,4-5,7-10,18H2,1-2H3. The van der Waals surface area contributed by atoms with E-state index in [0.717, 1.165) is 22.9 Å². The van der Waals surface area contributed by atoms with Crippen molar-refractivity contribution in [3.05, 3.63) is 28.2 Å². The molecule has 3 heteroatoms. The van der Waals surface area contributed by atoms with Gasteiger partial charge in [0.2, 0.25) is 0 Å². The molecule has 1 aliphatic carbocycles. The van der Waals surface area contributed by atoms with Gasteiger partial charge in [0.05, 0.1) is 0 Å². The highest BCUT2D eigenvalue weighted by Gasteiger charge is 2.30. The van der Waals surface area contributed by atoms with Gasteiger partial charge >= 0.3 is 0 Å². The van der Waals surface area contributed by atoms with Crippen molar-refractivity contribution < 1.29 is 0 Å². The van der Waals surface area contributed by atoms with Crippen molar-refractivity contribution >= 4 is 21.6 Å². The summed E-state index contributed by atoms with van der Waals surface area (Å²) < 4.78 is 1.15. The van der Waals surface area contributed by atoms with E-state index < -0.39 is 0 Å². The number of nitrogens with zero attached hydrogens (tertiary/aromatic N) is 1. The van der Waals surface area contributed by atoms with E-state index in [2.05, 4.69) is 52.9 Å². The zero-order valence-corrected chi connectivity index (χ0v) is 13.6. The maximum absolute atomic E-state index is 5.76. The molecule has 1 aliphatic rings. The Morgan fingerprint density at radius 1 is 1.37 bits per heavy atom. The summed E-state index contributed by atoms with van der Waals surface area (Å²) in [6.07, 6.45) is 4.90. The number of benzene rings is 1. The van der Waals surface area contributed by atoms with Gasteiger partial charge in [-0.3, -0.25) is 0 Å². The smallest absolute Gasteiger partial charge is 0.0402 e. The van der Waals surface area contributed by atoms with Crippen LogP contribution in [0.1, 0.15) is 38.7 Å². The summed E-state index contributed by atoms with van der Waals surface area (Å²) in [7, 11) is 0. The third kappa shape index (κ3) is 4.22. The minimum absolute atomic E-state index is 0.714. The molecule has 0 aliphatic heterocycles. The zero-order chi connectivity index (χ0) is 13.8. The molecule has 2 nitrogen and oxygen atoms in total. The highest BCUT2D eigenvalue weighted by Crippen LogP contribution is 2.35. The Morgan fingerprint density at radius 3 is 2.68 bits per heavy atom. The minimum atomic E-state index is 0.714. The highest BCUT2D eigenvalue weighted by molar-refractivity contribution is 9.10. The van der Waals surface area contributed by atoms with Crippen molar-refractivity contribution in [1.29, 1.82) is 0 Å². The molecule has 0 atom stereocenters. The molecule has 19 heavy (non-hydrogen) atoms. The first kappa shape index (κ1) is 14.9. The number of rotatable bonds is 7. The van der Waals surface area contributed by atoms with Crippen LogP contribution in [-0.4, -0.2) is 19.1 Å². The molecule has 0 radical (unpaired) electrons. The predicted molar refractivity (Wildman–Crippen MR) is 86.7 cm³/mol. The van der Waals surface area contributed by atoms with E-state index in [1.54, 1.807) is 0 Å². The molecule has 0 heterocycles. The van der Waals surface area contributed by atoms with E-state index in [0.29, 0.717) is 6.54 Å². The number of halogens is 1. The van der Waals surface area contributed by atoms with Crippen LogP contribution in [0.3, 0.4) is 0 Å². The third-order valence-corrected chi connectivity index (χ3v) is 4.19. The number of hydrogen-bond donors (Lipinski definition) is 1. The average molecular weight is 325 g/mol. The van der Waals surface area contributed by atoms with Crippen molar-refractivity contribution in [2.45, 2.75) is 45.6 Å². The molecular formula is C16H25BrN2. The maximum Gasteiger partial charge on any atom is 0.0402 e. The molecule has 1 saturated carbocycles. The van der Waals surface area contributed by atoms with Crippen LogP contribution in [0.25, 0.3) is 0 Å². The van der Waals surface area contributed by atoms with Crippen molar-refractivity contribution in [3.8, 4) is 0 Å². The first-order valence-electron chi connectivity index (χ1n) is 7.37. The molecule has 1 aromatic carbocycles. The monoisotopic (exact) mass is 324 g/mol. The van der Waals surface area contributed by atoms with Gasteiger partial charge in [-0.2, -0.15) is 0 Å². The Balaban J connectivity index is 2.19. The lowest BCUT2D eigenvalue weighted by molar-refractivity contribution is 0.570. The first-order valence-corrected chi connectivity index (χ1v) is 8.16. The van der Waals surface area contributed by atoms with Gasteiger partial charge in [-0.05, 0) is 61.9 Å². The van der Waals surface area contributed by atoms with Gasteiger partial charge in [0.1, 0.15) is 0 Å². The minimum Gasteiger partial charge on any atom is -0.368 e. The maximum atomic E-state index is 5.76. The fraction of sp³-hybridized carbons (Fsp3) is 0.625. The summed E-state index contributed by atoms with van der Waals surface area (Å²) in [5.41, 5.74) is 8.54. The third-order valence-electron chi connectivity index (χ3n) is 3.70. The van der Waals surface area contributed by atoms with Crippen LogP contribution in [0.5, 0.6) is 0 Å². The topological polar surface area (TPSA) is 29.3 Å². The Labute approximate surface area is 125 Å². The lowest BCUT2D eigenvalue weighted by Crippen LogP contribution is -2.29. The van der Waals surface area contributed by atoms with E-state index in [-0.39, 0.29) is 0 Å². The first-order chi connectivity index (χ1) is 9.11. The SMILES string of the molecule is CC(C)CCN(c1ccc(Br)cc1CCN)C1CC1. The average Bonchev–Trinajstić information content (AvgIpc) is 3.16. The van der Waals surface area contributed by atoms with Crippen LogP contribution in [0, 0.1) is 5.92 Å². The van der Waals surface area contributed by atoms with Gasteiger partial charge in [0.25, 0.3) is 0 Å². The summed E-state index contributed by atoms with van der Waals surface area (Å²) in [6, 6.07) is 7.40. The van der Waals surface area contributed by atoms with E-state index in [1.165, 1.54) is 37.1 Å². The number of nitrogens with two attached hydrogens (primary N) is 1. The fourth-order valence-electron chi connectivity index (χ4n) is 2.47. The number of hydrogen-bond acceptors (Lipinski definition) is 2. The molecule has 0 aromatic heterocycles. The summed E-state index contributed by atoms with van der Waals surface area (Å²) in [4.78, 5) is 2.61.